The molecule has 156 valence electrons. The van der Waals surface area contributed by atoms with Gasteiger partial charge in [-0.15, -0.1) is 0 Å². The number of rotatable bonds is 4. The molecule has 0 saturated carbocycles. The van der Waals surface area contributed by atoms with Crippen LogP contribution in [0.15, 0.2) is 54.2 Å². The number of ether oxygens (including phenoxy) is 1. The van der Waals surface area contributed by atoms with Crippen LogP contribution in [0.3, 0.4) is 0 Å². The van der Waals surface area contributed by atoms with Gasteiger partial charge in [-0.05, 0) is 48.1 Å². The number of imide groups is 1. The van der Waals surface area contributed by atoms with Crippen LogP contribution >= 0.6 is 11.6 Å². The number of likely N-dealkylation sites (tertiary alicyclic amines) is 1. The first kappa shape index (κ1) is 20.5. The molecule has 5 nitrogen and oxygen atoms in total. The molecule has 1 fully saturated rings. The summed E-state index contributed by atoms with van der Waals surface area (Å²) in [5.41, 5.74) is 1.99. The Morgan fingerprint density at radius 2 is 1.57 bits per heavy atom. The van der Waals surface area contributed by atoms with Gasteiger partial charge in [0.25, 0.3) is 11.8 Å². The minimum Gasteiger partial charge on any atom is -0.497 e. The average molecular weight is 425 g/mol. The zero-order valence-electron chi connectivity index (χ0n) is 17.4. The van der Waals surface area contributed by atoms with Crippen molar-refractivity contribution >= 4 is 34.7 Å². The molecule has 6 heteroatoms. The monoisotopic (exact) mass is 424 g/mol. The van der Waals surface area contributed by atoms with E-state index in [1.54, 1.807) is 43.5 Å². The van der Waals surface area contributed by atoms with E-state index in [4.69, 9.17) is 16.3 Å². The first-order valence-corrected chi connectivity index (χ1v) is 10.6. The molecule has 0 radical (unpaired) electrons. The summed E-state index contributed by atoms with van der Waals surface area (Å²) in [6.45, 7) is 5.86. The highest BCUT2D eigenvalue weighted by Gasteiger charge is 2.44. The molecule has 30 heavy (non-hydrogen) atoms. The lowest BCUT2D eigenvalue weighted by molar-refractivity contribution is -0.120. The number of carbonyl (C=O) groups is 2. The molecule has 2 aromatic carbocycles. The number of nitrogens with zero attached hydrogens (tertiary/aromatic N) is 2. The number of piperidine rings is 1. The number of para-hydroxylation sites is 1. The van der Waals surface area contributed by atoms with Crippen molar-refractivity contribution in [1.29, 1.82) is 0 Å². The Morgan fingerprint density at radius 3 is 2.17 bits per heavy atom. The predicted octanol–water partition coefficient (Wildman–Crippen LogP) is 4.61. The maximum Gasteiger partial charge on any atom is 0.282 e. The zero-order valence-corrected chi connectivity index (χ0v) is 18.1. The van der Waals surface area contributed by atoms with Gasteiger partial charge in [0.2, 0.25) is 0 Å². The molecule has 2 aliphatic rings. The van der Waals surface area contributed by atoms with Crippen LogP contribution in [0.1, 0.15) is 25.8 Å². The van der Waals surface area contributed by atoms with E-state index in [2.05, 4.69) is 18.7 Å². The average Bonchev–Trinajstić information content (AvgIpc) is 2.98. The fraction of sp³-hybridized carbons (Fsp3) is 0.333. The topological polar surface area (TPSA) is 49.9 Å². The van der Waals surface area contributed by atoms with E-state index in [9.17, 15) is 9.59 Å². The second-order valence-corrected chi connectivity index (χ2v) is 8.61. The quantitative estimate of drug-likeness (QED) is 0.672. The zero-order chi connectivity index (χ0) is 21.4. The Hall–Kier alpha value is -2.79. The van der Waals surface area contributed by atoms with E-state index in [0.29, 0.717) is 45.1 Å². The summed E-state index contributed by atoms with van der Waals surface area (Å²) in [4.78, 5) is 30.5. The number of benzene rings is 2. The normalized spacial score (nSPS) is 22.1. The van der Waals surface area contributed by atoms with Gasteiger partial charge in [-0.3, -0.25) is 9.59 Å². The fourth-order valence-corrected chi connectivity index (χ4v) is 4.75. The molecule has 2 heterocycles. The Morgan fingerprint density at radius 1 is 0.933 bits per heavy atom. The van der Waals surface area contributed by atoms with Gasteiger partial charge in [-0.25, -0.2) is 4.90 Å². The highest BCUT2D eigenvalue weighted by Crippen LogP contribution is 2.39. The van der Waals surface area contributed by atoms with Crippen LogP contribution in [0, 0.1) is 11.8 Å². The summed E-state index contributed by atoms with van der Waals surface area (Å²) in [6.07, 6.45) is 1.11. The molecule has 1 saturated heterocycles. The second-order valence-electron chi connectivity index (χ2n) is 8.20. The van der Waals surface area contributed by atoms with Crippen molar-refractivity contribution in [2.24, 2.45) is 11.8 Å². The van der Waals surface area contributed by atoms with Gasteiger partial charge in [0.05, 0.1) is 23.4 Å². The van der Waals surface area contributed by atoms with Crippen LogP contribution in [-0.2, 0) is 9.59 Å². The molecule has 0 N–H and O–H groups in total. The molecule has 0 bridgehead atoms. The van der Waals surface area contributed by atoms with Crippen LogP contribution in [-0.4, -0.2) is 36.9 Å². The molecule has 4 rings (SSSR count). The van der Waals surface area contributed by atoms with Crippen LogP contribution in [0.25, 0.3) is 5.57 Å². The van der Waals surface area contributed by atoms with Gasteiger partial charge < -0.3 is 9.64 Å². The van der Waals surface area contributed by atoms with E-state index < -0.39 is 0 Å². The van der Waals surface area contributed by atoms with E-state index in [1.807, 2.05) is 12.1 Å². The predicted molar refractivity (Wildman–Crippen MR) is 118 cm³/mol. The molecule has 0 aromatic heterocycles. The van der Waals surface area contributed by atoms with E-state index >= 15 is 0 Å². The first-order valence-electron chi connectivity index (χ1n) is 10.2. The summed E-state index contributed by atoms with van der Waals surface area (Å²) < 4.78 is 5.25. The van der Waals surface area contributed by atoms with Crippen molar-refractivity contribution in [3.05, 3.63) is 64.8 Å². The maximum atomic E-state index is 13.6. The summed E-state index contributed by atoms with van der Waals surface area (Å²) >= 11 is 6.35. The van der Waals surface area contributed by atoms with Gasteiger partial charge in [0, 0.05) is 13.1 Å². The molecular formula is C24H25ClN2O3. The number of hydrogen-bond donors (Lipinski definition) is 0. The Kier molecular flexibility index (Phi) is 5.56. The number of anilines is 1. The Bertz CT molecular complexity index is 1010. The SMILES string of the molecule is COc1ccc(C2=C(N3CC(C)CC(C)C3)C(=O)N(c3ccccc3Cl)C2=O)cc1. The summed E-state index contributed by atoms with van der Waals surface area (Å²) in [7, 11) is 1.60. The van der Waals surface area contributed by atoms with E-state index in [-0.39, 0.29) is 11.8 Å². The summed E-state index contributed by atoms with van der Waals surface area (Å²) in [6, 6.07) is 14.2. The van der Waals surface area contributed by atoms with Crippen molar-refractivity contribution in [3.8, 4) is 5.75 Å². The van der Waals surface area contributed by atoms with Gasteiger partial charge in [0.1, 0.15) is 11.4 Å². The van der Waals surface area contributed by atoms with Gasteiger partial charge in [-0.2, -0.15) is 0 Å². The number of amides is 2. The molecule has 2 amide bonds. The number of methoxy groups -OCH3 is 1. The lowest BCUT2D eigenvalue weighted by Gasteiger charge is -2.37. The van der Waals surface area contributed by atoms with Crippen LogP contribution < -0.4 is 9.64 Å². The smallest absolute Gasteiger partial charge is 0.282 e. The second kappa shape index (κ2) is 8.15. The highest BCUT2D eigenvalue weighted by molar-refractivity contribution is 6.47. The summed E-state index contributed by atoms with van der Waals surface area (Å²) in [5.74, 6) is 0.909. The van der Waals surface area contributed by atoms with Crippen molar-refractivity contribution in [1.82, 2.24) is 4.90 Å². The van der Waals surface area contributed by atoms with Gasteiger partial charge in [-0.1, -0.05) is 49.7 Å². The third-order valence-electron chi connectivity index (χ3n) is 5.72. The Labute approximate surface area is 181 Å². The molecule has 2 aliphatic heterocycles. The highest BCUT2D eigenvalue weighted by atomic mass is 35.5. The lowest BCUT2D eigenvalue weighted by Crippen LogP contribution is -2.42. The van der Waals surface area contributed by atoms with Crippen LogP contribution in [0.4, 0.5) is 5.69 Å². The first-order chi connectivity index (χ1) is 14.4. The molecule has 2 atom stereocenters. The minimum absolute atomic E-state index is 0.319. The van der Waals surface area contributed by atoms with Crippen LogP contribution in [0.5, 0.6) is 5.75 Å². The molecule has 0 aliphatic carbocycles. The van der Waals surface area contributed by atoms with Gasteiger partial charge >= 0.3 is 0 Å². The third kappa shape index (κ3) is 3.58. The lowest BCUT2D eigenvalue weighted by atomic mass is 9.91. The molecule has 2 aromatic rings. The number of hydrogen-bond acceptors (Lipinski definition) is 4. The third-order valence-corrected chi connectivity index (χ3v) is 6.04. The van der Waals surface area contributed by atoms with Crippen molar-refractivity contribution < 1.29 is 14.3 Å². The molecule has 2 unspecified atom stereocenters. The largest absolute Gasteiger partial charge is 0.497 e. The van der Waals surface area contributed by atoms with Crippen molar-refractivity contribution in [2.45, 2.75) is 20.3 Å². The number of carbonyl (C=O) groups excluding carboxylic acids is 2. The Balaban J connectivity index is 1.84. The van der Waals surface area contributed by atoms with Crippen molar-refractivity contribution in [2.75, 3.05) is 25.1 Å². The maximum absolute atomic E-state index is 13.6. The van der Waals surface area contributed by atoms with Gasteiger partial charge in [0.15, 0.2) is 0 Å². The summed E-state index contributed by atoms with van der Waals surface area (Å²) in [5, 5.41) is 0.370. The fourth-order valence-electron chi connectivity index (χ4n) is 4.53. The van der Waals surface area contributed by atoms with Crippen molar-refractivity contribution in [3.63, 3.8) is 0 Å². The van der Waals surface area contributed by atoms with E-state index in [0.717, 1.165) is 19.5 Å². The van der Waals surface area contributed by atoms with E-state index in [1.165, 1.54) is 4.90 Å². The minimum atomic E-state index is -0.348. The standard InChI is InChI=1S/C24H25ClN2O3/c1-15-12-16(2)14-26(13-15)22-21(17-8-10-18(30-3)11-9-17)23(28)27(24(22)29)20-7-5-4-6-19(20)25/h4-11,15-16H,12-14H2,1-3H3. The molecular weight excluding hydrogens is 400 g/mol. The van der Waals surface area contributed by atoms with Crippen LogP contribution in [0.2, 0.25) is 5.02 Å². The molecule has 0 spiro atoms. The number of halogens is 1.